The van der Waals surface area contributed by atoms with Crippen molar-refractivity contribution in [2.75, 3.05) is 10.0 Å². The molecule has 0 saturated heterocycles. The molecule has 0 bridgehead atoms. The fraction of sp³-hybridized carbons (Fsp3) is 0.261. The van der Waals surface area contributed by atoms with Gasteiger partial charge in [-0.25, -0.2) is 12.8 Å². The Morgan fingerprint density at radius 1 is 1.09 bits per heavy atom. The number of hydrogen-bond acceptors (Lipinski definition) is 5. The predicted molar refractivity (Wildman–Crippen MR) is 122 cm³/mol. The third-order valence-corrected chi connectivity index (χ3v) is 7.07. The summed E-state index contributed by atoms with van der Waals surface area (Å²) in [5.74, 6) is -0.905. The van der Waals surface area contributed by atoms with Gasteiger partial charge in [-0.3, -0.25) is 14.3 Å². The van der Waals surface area contributed by atoms with Crippen molar-refractivity contribution in [2.45, 2.75) is 44.9 Å². The van der Waals surface area contributed by atoms with E-state index < -0.39 is 15.8 Å². The van der Waals surface area contributed by atoms with Crippen molar-refractivity contribution in [1.82, 2.24) is 9.78 Å². The molecule has 0 spiro atoms. The lowest BCUT2D eigenvalue weighted by Gasteiger charge is -2.13. The van der Waals surface area contributed by atoms with E-state index in [4.69, 9.17) is 0 Å². The van der Waals surface area contributed by atoms with Crippen LogP contribution >= 0.6 is 0 Å². The Hall–Kier alpha value is -3.53. The van der Waals surface area contributed by atoms with Gasteiger partial charge in [0.25, 0.3) is 10.0 Å². The molecule has 3 aromatic rings. The first-order chi connectivity index (χ1) is 15.6. The van der Waals surface area contributed by atoms with Crippen molar-refractivity contribution >= 4 is 33.3 Å². The van der Waals surface area contributed by atoms with E-state index in [9.17, 15) is 22.4 Å². The van der Waals surface area contributed by atoms with Gasteiger partial charge < -0.3 is 5.32 Å². The second kappa shape index (κ2) is 8.43. The molecule has 2 heterocycles. The Morgan fingerprint density at radius 3 is 2.52 bits per heavy atom. The second-order valence-corrected chi connectivity index (χ2v) is 9.58. The van der Waals surface area contributed by atoms with E-state index in [1.165, 1.54) is 22.9 Å². The molecule has 0 aliphatic carbocycles. The third kappa shape index (κ3) is 4.25. The number of anilines is 2. The lowest BCUT2D eigenvalue weighted by molar-refractivity contribution is -0.116. The van der Waals surface area contributed by atoms with Crippen LogP contribution in [0.2, 0.25) is 0 Å². The van der Waals surface area contributed by atoms with E-state index in [0.29, 0.717) is 34.4 Å². The summed E-state index contributed by atoms with van der Waals surface area (Å²) in [4.78, 5) is 24.6. The van der Waals surface area contributed by atoms with Gasteiger partial charge in [0.05, 0.1) is 16.3 Å². The summed E-state index contributed by atoms with van der Waals surface area (Å²) in [5.41, 5.74) is 2.54. The molecule has 1 amide bonds. The fourth-order valence-corrected chi connectivity index (χ4v) is 5.06. The van der Waals surface area contributed by atoms with E-state index >= 15 is 0 Å². The molecule has 1 aliphatic rings. The van der Waals surface area contributed by atoms with E-state index in [0.717, 1.165) is 6.07 Å². The fourth-order valence-electron chi connectivity index (χ4n) is 3.74. The van der Waals surface area contributed by atoms with Crippen molar-refractivity contribution in [1.29, 1.82) is 0 Å². The van der Waals surface area contributed by atoms with Crippen LogP contribution < -0.4 is 10.0 Å². The van der Waals surface area contributed by atoms with Crippen LogP contribution in [0.5, 0.6) is 0 Å². The third-order valence-electron chi connectivity index (χ3n) is 5.54. The van der Waals surface area contributed by atoms with Crippen LogP contribution in [0.3, 0.4) is 0 Å². The van der Waals surface area contributed by atoms with Gasteiger partial charge in [-0.15, -0.1) is 0 Å². The summed E-state index contributed by atoms with van der Waals surface area (Å²) >= 11 is 0. The number of carbonyl (C=O) groups excluding carboxylic acids is 2. The standard InChI is InChI=1S/C23H23FN4O4S/c1-4-18-22(23-25-20(29)9-10-21(30)28(23)26-18)15-7-5-14(3)19(11-15)33(31,32)27-16-8-6-13(2)17(24)12-16/h5-8,11-12,27H,4,9-10H2,1-3H3,(H,25,29). The molecule has 33 heavy (non-hydrogen) atoms. The number of nitrogens with one attached hydrogen (secondary N) is 2. The van der Waals surface area contributed by atoms with Crippen LogP contribution in [-0.4, -0.2) is 30.0 Å². The first-order valence-corrected chi connectivity index (χ1v) is 11.9. The summed E-state index contributed by atoms with van der Waals surface area (Å²) in [6, 6.07) is 8.94. The van der Waals surface area contributed by atoms with Crippen LogP contribution in [0.25, 0.3) is 11.1 Å². The molecule has 0 fully saturated rings. The maximum absolute atomic E-state index is 13.9. The van der Waals surface area contributed by atoms with E-state index in [2.05, 4.69) is 15.1 Å². The normalized spacial score (nSPS) is 13.9. The highest BCUT2D eigenvalue weighted by Crippen LogP contribution is 2.36. The Kier molecular flexibility index (Phi) is 5.79. The van der Waals surface area contributed by atoms with Crippen molar-refractivity contribution in [3.05, 3.63) is 59.0 Å². The van der Waals surface area contributed by atoms with Crippen molar-refractivity contribution in [3.8, 4) is 11.1 Å². The number of aromatic nitrogens is 2. The SMILES string of the molecule is CCc1nn2c(c1-c1ccc(C)c(S(=O)(=O)Nc3ccc(C)c(F)c3)c1)NC(=O)CCC2=O. The van der Waals surface area contributed by atoms with Crippen LogP contribution in [0, 0.1) is 19.7 Å². The van der Waals surface area contributed by atoms with Gasteiger partial charge in [-0.2, -0.15) is 9.78 Å². The Balaban J connectivity index is 1.82. The number of halogens is 1. The maximum atomic E-state index is 13.9. The summed E-state index contributed by atoms with van der Waals surface area (Å²) in [5, 5.41) is 7.10. The van der Waals surface area contributed by atoms with Crippen LogP contribution in [-0.2, 0) is 21.2 Å². The van der Waals surface area contributed by atoms with Gasteiger partial charge >= 0.3 is 0 Å². The van der Waals surface area contributed by atoms with Crippen molar-refractivity contribution < 1.29 is 22.4 Å². The Labute approximate surface area is 190 Å². The van der Waals surface area contributed by atoms with Gasteiger partial charge in [-0.1, -0.05) is 25.1 Å². The smallest absolute Gasteiger partial charge is 0.262 e. The molecule has 0 radical (unpaired) electrons. The maximum Gasteiger partial charge on any atom is 0.262 e. The summed E-state index contributed by atoms with van der Waals surface area (Å²) in [6.07, 6.45) is 0.552. The van der Waals surface area contributed by atoms with Crippen LogP contribution in [0.15, 0.2) is 41.3 Å². The molecule has 1 aromatic heterocycles. The van der Waals surface area contributed by atoms with Gasteiger partial charge in [0.1, 0.15) is 11.6 Å². The zero-order valence-corrected chi connectivity index (χ0v) is 19.2. The number of benzene rings is 2. The number of amides is 1. The molecule has 2 aromatic carbocycles. The van der Waals surface area contributed by atoms with Crippen LogP contribution in [0.1, 0.15) is 41.4 Å². The zero-order valence-electron chi connectivity index (χ0n) is 18.4. The molecule has 2 N–H and O–H groups in total. The van der Waals surface area contributed by atoms with Crippen molar-refractivity contribution in [3.63, 3.8) is 0 Å². The number of carbonyl (C=O) groups is 2. The number of rotatable bonds is 5. The quantitative estimate of drug-likeness (QED) is 0.585. The van der Waals surface area contributed by atoms with Crippen LogP contribution in [0.4, 0.5) is 15.9 Å². The minimum Gasteiger partial charge on any atom is -0.310 e. The van der Waals surface area contributed by atoms with Gasteiger partial charge in [0, 0.05) is 18.4 Å². The van der Waals surface area contributed by atoms with Crippen molar-refractivity contribution in [2.24, 2.45) is 0 Å². The average molecular weight is 471 g/mol. The number of nitrogens with zero attached hydrogens (tertiary/aromatic N) is 2. The number of sulfonamides is 1. The summed E-state index contributed by atoms with van der Waals surface area (Å²) < 4.78 is 43.8. The van der Waals surface area contributed by atoms with E-state index in [-0.39, 0.29) is 41.1 Å². The molecule has 0 unspecified atom stereocenters. The Bertz CT molecular complexity index is 1400. The number of aryl methyl sites for hydroxylation is 3. The molecule has 172 valence electrons. The molecular formula is C23H23FN4O4S. The topological polar surface area (TPSA) is 110 Å². The number of hydrogen-bond donors (Lipinski definition) is 2. The lowest BCUT2D eigenvalue weighted by atomic mass is 10.0. The highest BCUT2D eigenvalue weighted by molar-refractivity contribution is 7.92. The molecule has 4 rings (SSSR count). The summed E-state index contributed by atoms with van der Waals surface area (Å²) in [6.45, 7) is 5.10. The van der Waals surface area contributed by atoms with Gasteiger partial charge in [0.15, 0.2) is 0 Å². The minimum atomic E-state index is -4.05. The lowest BCUT2D eigenvalue weighted by Crippen LogP contribution is -2.15. The zero-order chi connectivity index (χ0) is 23.9. The largest absolute Gasteiger partial charge is 0.310 e. The molecule has 1 aliphatic heterocycles. The average Bonchev–Trinajstić information content (AvgIpc) is 3.06. The first-order valence-electron chi connectivity index (χ1n) is 10.5. The Morgan fingerprint density at radius 2 is 1.82 bits per heavy atom. The molecular weight excluding hydrogens is 447 g/mol. The highest BCUT2D eigenvalue weighted by Gasteiger charge is 2.28. The van der Waals surface area contributed by atoms with E-state index in [1.807, 2.05) is 6.92 Å². The predicted octanol–water partition coefficient (Wildman–Crippen LogP) is 4.04. The van der Waals surface area contributed by atoms with E-state index in [1.54, 1.807) is 26.0 Å². The molecule has 0 saturated carbocycles. The first kappa shape index (κ1) is 22.7. The monoisotopic (exact) mass is 470 g/mol. The minimum absolute atomic E-state index is 0.00531. The second-order valence-electron chi connectivity index (χ2n) is 7.93. The molecule has 10 heteroatoms. The number of fused-ring (bicyclic) bond motifs is 1. The molecule has 0 atom stereocenters. The highest BCUT2D eigenvalue weighted by atomic mass is 32.2. The molecule has 8 nitrogen and oxygen atoms in total. The van der Waals surface area contributed by atoms with Gasteiger partial charge in [0.2, 0.25) is 11.8 Å². The summed E-state index contributed by atoms with van der Waals surface area (Å²) in [7, 11) is -4.05. The van der Waals surface area contributed by atoms with Gasteiger partial charge in [-0.05, 0) is 55.2 Å².